The minimum Gasteiger partial charge on any atom is -0.496 e. The molecule has 1 aromatic rings. The molecule has 0 atom stereocenters. The van der Waals surface area contributed by atoms with Gasteiger partial charge in [-0.15, -0.1) is 0 Å². The van der Waals surface area contributed by atoms with Crippen molar-refractivity contribution in [2.24, 2.45) is 17.1 Å². The van der Waals surface area contributed by atoms with E-state index in [-0.39, 0.29) is 5.91 Å². The summed E-state index contributed by atoms with van der Waals surface area (Å²) in [6.07, 6.45) is 1.49. The molecule has 0 aromatic heterocycles. The Labute approximate surface area is 131 Å². The molecular weight excluding hydrogens is 284 g/mol. The summed E-state index contributed by atoms with van der Waals surface area (Å²) in [5.74, 6) is 1.29. The lowest BCUT2D eigenvalue weighted by Crippen LogP contribution is -2.56. The third-order valence-corrected chi connectivity index (χ3v) is 4.61. The van der Waals surface area contributed by atoms with E-state index >= 15 is 0 Å². The summed E-state index contributed by atoms with van der Waals surface area (Å²) in [5.41, 5.74) is 6.17. The largest absolute Gasteiger partial charge is 0.496 e. The average Bonchev–Trinajstić information content (AvgIpc) is 2.43. The van der Waals surface area contributed by atoms with E-state index in [4.69, 9.17) is 22.7 Å². The summed E-state index contributed by atoms with van der Waals surface area (Å²) in [6, 6.07) is 7.70. The van der Waals surface area contributed by atoms with Gasteiger partial charge in [-0.1, -0.05) is 37.3 Å². The molecule has 4 nitrogen and oxygen atoms in total. The topological polar surface area (TPSA) is 55.6 Å². The maximum Gasteiger partial charge on any atom is 0.235 e. The Kier molecular flexibility index (Phi) is 4.52. The van der Waals surface area contributed by atoms with Crippen molar-refractivity contribution in [2.45, 2.75) is 26.3 Å². The molecule has 2 N–H and O–H groups in total. The maximum absolute atomic E-state index is 12.8. The number of hydrogen-bond donors (Lipinski definition) is 1. The summed E-state index contributed by atoms with van der Waals surface area (Å²) in [6.45, 7) is 2.60. The number of carbonyl (C=O) groups excluding carboxylic acids is 1. The van der Waals surface area contributed by atoms with E-state index in [1.165, 1.54) is 0 Å². The SMILES string of the molecule is COc1ccccc1CN(C)C(=O)C1(C(N)=S)CC(C)C1. The van der Waals surface area contributed by atoms with Gasteiger partial charge >= 0.3 is 0 Å². The fourth-order valence-corrected chi connectivity index (χ4v) is 3.39. The molecule has 0 saturated heterocycles. The van der Waals surface area contributed by atoms with Crippen LogP contribution in [-0.2, 0) is 11.3 Å². The number of thiocarbonyl (C=S) groups is 1. The van der Waals surface area contributed by atoms with Crippen molar-refractivity contribution in [3.8, 4) is 5.75 Å². The number of rotatable bonds is 5. The van der Waals surface area contributed by atoms with Crippen LogP contribution in [0.1, 0.15) is 25.3 Å². The highest BCUT2D eigenvalue weighted by molar-refractivity contribution is 7.80. The number of nitrogens with two attached hydrogens (primary N) is 1. The number of ether oxygens (including phenoxy) is 1. The summed E-state index contributed by atoms with van der Waals surface area (Å²) < 4.78 is 5.33. The molecule has 1 aromatic carbocycles. The Balaban J connectivity index is 2.14. The summed E-state index contributed by atoms with van der Waals surface area (Å²) in [5, 5.41) is 0. The van der Waals surface area contributed by atoms with Gasteiger partial charge < -0.3 is 15.4 Å². The molecule has 0 radical (unpaired) electrons. The first-order valence-corrected chi connectivity index (χ1v) is 7.49. The van der Waals surface area contributed by atoms with Gasteiger partial charge in [0.05, 0.1) is 17.5 Å². The van der Waals surface area contributed by atoms with Gasteiger partial charge in [0.25, 0.3) is 0 Å². The van der Waals surface area contributed by atoms with Crippen molar-refractivity contribution < 1.29 is 9.53 Å². The number of nitrogens with zero attached hydrogens (tertiary/aromatic N) is 1. The number of carbonyl (C=O) groups is 1. The Morgan fingerprint density at radius 3 is 2.62 bits per heavy atom. The molecule has 2 rings (SSSR count). The van der Waals surface area contributed by atoms with Crippen LogP contribution in [0.3, 0.4) is 0 Å². The molecule has 0 bridgehead atoms. The second-order valence-electron chi connectivity index (χ2n) is 5.93. The Hall–Kier alpha value is -1.62. The Morgan fingerprint density at radius 2 is 2.10 bits per heavy atom. The van der Waals surface area contributed by atoms with Crippen molar-refractivity contribution in [1.82, 2.24) is 4.90 Å². The standard InChI is InChI=1S/C16H22N2O2S/c1-11-8-16(9-11,14(17)21)15(19)18(2)10-12-6-4-5-7-13(12)20-3/h4-7,11H,8-10H2,1-3H3,(H2,17,21). The normalized spacial score (nSPS) is 24.0. The molecule has 0 aliphatic heterocycles. The van der Waals surface area contributed by atoms with Crippen molar-refractivity contribution in [3.63, 3.8) is 0 Å². The lowest BCUT2D eigenvalue weighted by Gasteiger charge is -2.46. The molecular formula is C16H22N2O2S. The summed E-state index contributed by atoms with van der Waals surface area (Å²) >= 11 is 5.15. The minimum absolute atomic E-state index is 0.0130. The van der Waals surface area contributed by atoms with Crippen LogP contribution in [0.15, 0.2) is 24.3 Å². The van der Waals surface area contributed by atoms with E-state index < -0.39 is 5.41 Å². The second-order valence-corrected chi connectivity index (χ2v) is 6.37. The van der Waals surface area contributed by atoms with Crippen LogP contribution in [0.2, 0.25) is 0 Å². The zero-order valence-corrected chi connectivity index (χ0v) is 13.6. The predicted molar refractivity (Wildman–Crippen MR) is 87.1 cm³/mol. The van der Waals surface area contributed by atoms with Crippen LogP contribution in [0.25, 0.3) is 0 Å². The summed E-state index contributed by atoms with van der Waals surface area (Å²) in [7, 11) is 3.42. The number of hydrogen-bond acceptors (Lipinski definition) is 3. The first kappa shape index (κ1) is 15.8. The fraction of sp³-hybridized carbons (Fsp3) is 0.500. The zero-order chi connectivity index (χ0) is 15.6. The van der Waals surface area contributed by atoms with Gasteiger partial charge in [-0.3, -0.25) is 4.79 Å². The number of benzene rings is 1. The molecule has 0 unspecified atom stereocenters. The van der Waals surface area contributed by atoms with Crippen molar-refractivity contribution in [3.05, 3.63) is 29.8 Å². The third-order valence-electron chi connectivity index (χ3n) is 4.22. The molecule has 1 aliphatic carbocycles. The lowest BCUT2D eigenvalue weighted by atomic mass is 9.61. The third kappa shape index (κ3) is 2.88. The lowest BCUT2D eigenvalue weighted by molar-refractivity contribution is -0.143. The highest BCUT2D eigenvalue weighted by Gasteiger charge is 2.51. The average molecular weight is 306 g/mol. The zero-order valence-electron chi connectivity index (χ0n) is 12.8. The molecule has 0 heterocycles. The maximum atomic E-state index is 12.8. The van der Waals surface area contributed by atoms with Crippen molar-refractivity contribution >= 4 is 23.1 Å². The van der Waals surface area contributed by atoms with Gasteiger partial charge in [0, 0.05) is 19.2 Å². The van der Waals surface area contributed by atoms with E-state index in [1.54, 1.807) is 19.1 Å². The van der Waals surface area contributed by atoms with Gasteiger partial charge in [-0.05, 0) is 24.8 Å². The molecule has 21 heavy (non-hydrogen) atoms. The smallest absolute Gasteiger partial charge is 0.235 e. The number of para-hydroxylation sites is 1. The van der Waals surface area contributed by atoms with Crippen LogP contribution in [0, 0.1) is 11.3 Å². The molecule has 1 saturated carbocycles. The Morgan fingerprint density at radius 1 is 1.48 bits per heavy atom. The highest BCUT2D eigenvalue weighted by atomic mass is 32.1. The minimum atomic E-state index is -0.647. The quantitative estimate of drug-likeness (QED) is 0.849. The van der Waals surface area contributed by atoms with Gasteiger partial charge in [0.2, 0.25) is 5.91 Å². The van der Waals surface area contributed by atoms with Crippen LogP contribution in [0.4, 0.5) is 0 Å². The summed E-state index contributed by atoms with van der Waals surface area (Å²) in [4.78, 5) is 14.8. The molecule has 5 heteroatoms. The van der Waals surface area contributed by atoms with Gasteiger partial charge in [-0.2, -0.15) is 0 Å². The molecule has 1 fully saturated rings. The number of amides is 1. The molecule has 1 amide bonds. The van der Waals surface area contributed by atoms with E-state index in [0.29, 0.717) is 17.5 Å². The molecule has 114 valence electrons. The van der Waals surface area contributed by atoms with Crippen LogP contribution in [-0.4, -0.2) is 30.0 Å². The van der Waals surface area contributed by atoms with Crippen LogP contribution in [0.5, 0.6) is 5.75 Å². The van der Waals surface area contributed by atoms with Crippen LogP contribution < -0.4 is 10.5 Å². The van der Waals surface area contributed by atoms with E-state index in [1.807, 2.05) is 24.3 Å². The van der Waals surface area contributed by atoms with Gasteiger partial charge in [-0.25, -0.2) is 0 Å². The van der Waals surface area contributed by atoms with Crippen LogP contribution >= 0.6 is 12.2 Å². The molecule has 1 aliphatic rings. The fourth-order valence-electron chi connectivity index (χ4n) is 3.14. The highest BCUT2D eigenvalue weighted by Crippen LogP contribution is 2.47. The van der Waals surface area contributed by atoms with Gasteiger partial charge in [0.15, 0.2) is 0 Å². The van der Waals surface area contributed by atoms with E-state index in [2.05, 4.69) is 6.92 Å². The van der Waals surface area contributed by atoms with Crippen molar-refractivity contribution in [1.29, 1.82) is 0 Å². The van der Waals surface area contributed by atoms with E-state index in [9.17, 15) is 4.79 Å². The second kappa shape index (κ2) is 6.02. The predicted octanol–water partition coefficient (Wildman–Crippen LogP) is 2.36. The number of methoxy groups -OCH3 is 1. The monoisotopic (exact) mass is 306 g/mol. The first-order valence-electron chi connectivity index (χ1n) is 7.08. The van der Waals surface area contributed by atoms with Crippen molar-refractivity contribution in [2.75, 3.05) is 14.2 Å². The van der Waals surface area contributed by atoms with E-state index in [0.717, 1.165) is 24.2 Å². The van der Waals surface area contributed by atoms with Gasteiger partial charge in [0.1, 0.15) is 5.75 Å². The Bertz CT molecular complexity index is 553. The first-order chi connectivity index (χ1) is 9.90. The molecule has 0 spiro atoms.